The van der Waals surface area contributed by atoms with Gasteiger partial charge >= 0.3 is 11.9 Å². The number of halogens is 3. The quantitative estimate of drug-likeness (QED) is 0.383. The number of nitrogens with one attached hydrogen (secondary N) is 2. The Morgan fingerprint density at radius 3 is 2.41 bits per heavy atom. The molecule has 2 N–H and O–H groups in total. The Morgan fingerprint density at radius 2 is 1.72 bits per heavy atom. The summed E-state index contributed by atoms with van der Waals surface area (Å²) in [5, 5.41) is 0. The Labute approximate surface area is 223 Å². The highest BCUT2D eigenvalue weighted by Crippen LogP contribution is 2.31. The maximum atomic E-state index is 12.9. The SMILES string of the molecule is Cc1[nH]c(-c2ccc(C(F)(F)F)cc2)nc1CN1CCC(n2c(=O)[nH]c3ccc(N4CCOCC4)cc32)CC1. The third kappa shape index (κ3) is 5.20. The number of likely N-dealkylation sites (tertiary alicyclic amines) is 1. The van der Waals surface area contributed by atoms with Crippen molar-refractivity contribution in [3.05, 3.63) is 69.9 Å². The zero-order valence-electron chi connectivity index (χ0n) is 21.7. The first-order valence-electron chi connectivity index (χ1n) is 13.3. The number of aromatic amines is 2. The molecule has 39 heavy (non-hydrogen) atoms. The van der Waals surface area contributed by atoms with Crippen LogP contribution in [0.1, 0.15) is 35.8 Å². The number of morpholine rings is 1. The molecule has 6 rings (SSSR count). The number of hydrogen-bond acceptors (Lipinski definition) is 5. The minimum atomic E-state index is -4.36. The molecule has 11 heteroatoms. The summed E-state index contributed by atoms with van der Waals surface area (Å²) in [6.07, 6.45) is -2.69. The molecule has 0 spiro atoms. The van der Waals surface area contributed by atoms with Crippen molar-refractivity contribution in [3.63, 3.8) is 0 Å². The molecule has 2 aromatic heterocycles. The van der Waals surface area contributed by atoms with Gasteiger partial charge in [0.05, 0.1) is 35.5 Å². The van der Waals surface area contributed by atoms with Gasteiger partial charge in [0.25, 0.3) is 0 Å². The van der Waals surface area contributed by atoms with Crippen molar-refractivity contribution in [2.24, 2.45) is 0 Å². The fraction of sp³-hybridized carbons (Fsp3) is 0.429. The number of piperidine rings is 1. The molecule has 2 aliphatic rings. The van der Waals surface area contributed by atoms with E-state index in [1.807, 2.05) is 17.6 Å². The standard InChI is InChI=1S/C28H31F3N6O2/c1-18-24(33-26(32-18)19-2-4-20(5-3-19)28(29,30)31)17-35-10-8-21(9-11-35)37-25-16-22(36-12-14-39-15-13-36)6-7-23(25)34-27(37)38/h2-7,16,21H,8-15,17H2,1H3,(H,32,33)(H,34,38). The largest absolute Gasteiger partial charge is 0.416 e. The van der Waals surface area contributed by atoms with Crippen molar-refractivity contribution in [2.45, 2.75) is 38.5 Å². The molecule has 0 amide bonds. The van der Waals surface area contributed by atoms with Crippen molar-refractivity contribution in [2.75, 3.05) is 44.3 Å². The molecular formula is C28H31F3N6O2. The normalized spacial score (nSPS) is 17.8. The lowest BCUT2D eigenvalue weighted by Gasteiger charge is -2.32. The van der Waals surface area contributed by atoms with Gasteiger partial charge in [0.15, 0.2) is 0 Å². The lowest BCUT2D eigenvalue weighted by molar-refractivity contribution is -0.137. The van der Waals surface area contributed by atoms with Crippen LogP contribution in [-0.4, -0.2) is 63.8 Å². The molecule has 8 nitrogen and oxygen atoms in total. The van der Waals surface area contributed by atoms with Gasteiger partial charge in [-0.1, -0.05) is 12.1 Å². The maximum absolute atomic E-state index is 12.9. The number of imidazole rings is 2. The first-order chi connectivity index (χ1) is 18.8. The van der Waals surface area contributed by atoms with E-state index in [9.17, 15) is 18.0 Å². The summed E-state index contributed by atoms with van der Waals surface area (Å²) in [5.74, 6) is 0.563. The summed E-state index contributed by atoms with van der Waals surface area (Å²) in [4.78, 5) is 28.5. The van der Waals surface area contributed by atoms with Crippen molar-refractivity contribution in [1.82, 2.24) is 24.4 Å². The molecule has 2 aromatic carbocycles. The zero-order valence-corrected chi connectivity index (χ0v) is 21.7. The summed E-state index contributed by atoms with van der Waals surface area (Å²) >= 11 is 0. The van der Waals surface area contributed by atoms with E-state index in [4.69, 9.17) is 9.72 Å². The predicted molar refractivity (Wildman–Crippen MR) is 143 cm³/mol. The lowest BCUT2D eigenvalue weighted by Crippen LogP contribution is -2.37. The van der Waals surface area contributed by atoms with Crippen molar-refractivity contribution in [1.29, 1.82) is 0 Å². The van der Waals surface area contributed by atoms with E-state index in [1.54, 1.807) is 0 Å². The number of rotatable bonds is 5. The first kappa shape index (κ1) is 25.7. The fourth-order valence-electron chi connectivity index (χ4n) is 5.64. The average molecular weight is 541 g/mol. The first-order valence-corrected chi connectivity index (χ1v) is 13.3. The molecule has 0 unspecified atom stereocenters. The highest BCUT2D eigenvalue weighted by Gasteiger charge is 2.30. The molecule has 0 saturated carbocycles. The molecule has 2 saturated heterocycles. The summed E-state index contributed by atoms with van der Waals surface area (Å²) in [6.45, 7) is 7.29. The van der Waals surface area contributed by atoms with Gasteiger partial charge in [-0.25, -0.2) is 9.78 Å². The second-order valence-corrected chi connectivity index (χ2v) is 10.3. The molecule has 0 bridgehead atoms. The third-order valence-electron chi connectivity index (χ3n) is 7.84. The molecule has 0 atom stereocenters. The van der Waals surface area contributed by atoms with Gasteiger partial charge in [0.1, 0.15) is 5.82 Å². The van der Waals surface area contributed by atoms with Gasteiger partial charge in [-0.3, -0.25) is 9.47 Å². The highest BCUT2D eigenvalue weighted by molar-refractivity contribution is 5.80. The number of hydrogen-bond donors (Lipinski definition) is 2. The van der Waals surface area contributed by atoms with Crippen LogP contribution in [0, 0.1) is 6.92 Å². The zero-order chi connectivity index (χ0) is 27.1. The number of nitrogens with zero attached hydrogens (tertiary/aromatic N) is 4. The predicted octanol–water partition coefficient (Wildman–Crippen LogP) is 4.72. The Balaban J connectivity index is 1.13. The number of H-pyrrole nitrogens is 2. The molecule has 206 valence electrons. The van der Waals surface area contributed by atoms with Gasteiger partial charge in [0, 0.05) is 55.7 Å². The van der Waals surface area contributed by atoms with Crippen LogP contribution in [0.4, 0.5) is 18.9 Å². The van der Waals surface area contributed by atoms with Crippen LogP contribution in [0.2, 0.25) is 0 Å². The smallest absolute Gasteiger partial charge is 0.378 e. The van der Waals surface area contributed by atoms with Crippen LogP contribution in [0.15, 0.2) is 47.3 Å². The Hall–Kier alpha value is -3.57. The van der Waals surface area contributed by atoms with E-state index < -0.39 is 11.7 Å². The van der Waals surface area contributed by atoms with Gasteiger partial charge < -0.3 is 19.6 Å². The molecular weight excluding hydrogens is 509 g/mol. The van der Waals surface area contributed by atoms with E-state index >= 15 is 0 Å². The van der Waals surface area contributed by atoms with E-state index in [0.29, 0.717) is 31.1 Å². The number of anilines is 1. The molecule has 2 aliphatic heterocycles. The molecule has 0 aliphatic carbocycles. The van der Waals surface area contributed by atoms with Crippen LogP contribution in [-0.2, 0) is 17.5 Å². The van der Waals surface area contributed by atoms with Crippen LogP contribution in [0.25, 0.3) is 22.4 Å². The van der Waals surface area contributed by atoms with Gasteiger partial charge in [-0.15, -0.1) is 0 Å². The topological polar surface area (TPSA) is 82.2 Å². The van der Waals surface area contributed by atoms with Crippen LogP contribution in [0.3, 0.4) is 0 Å². The van der Waals surface area contributed by atoms with Gasteiger partial charge in [-0.2, -0.15) is 13.2 Å². The molecule has 4 aromatic rings. The fourth-order valence-corrected chi connectivity index (χ4v) is 5.64. The second kappa shape index (κ2) is 10.2. The summed E-state index contributed by atoms with van der Waals surface area (Å²) < 4.78 is 46.1. The van der Waals surface area contributed by atoms with Crippen LogP contribution in [0.5, 0.6) is 0 Å². The van der Waals surface area contributed by atoms with E-state index in [2.05, 4.69) is 31.9 Å². The average Bonchev–Trinajstić information content (AvgIpc) is 3.47. The summed E-state index contributed by atoms with van der Waals surface area (Å²) in [7, 11) is 0. The Morgan fingerprint density at radius 1 is 1.00 bits per heavy atom. The number of fused-ring (bicyclic) bond motifs is 1. The second-order valence-electron chi connectivity index (χ2n) is 10.3. The van der Waals surface area contributed by atoms with Gasteiger partial charge in [0.2, 0.25) is 0 Å². The highest BCUT2D eigenvalue weighted by atomic mass is 19.4. The Bertz CT molecular complexity index is 1510. The minimum absolute atomic E-state index is 0.0769. The number of aryl methyl sites for hydroxylation is 1. The molecule has 2 fully saturated rings. The molecule has 4 heterocycles. The Kier molecular flexibility index (Phi) is 6.72. The van der Waals surface area contributed by atoms with E-state index in [0.717, 1.165) is 79.3 Å². The maximum Gasteiger partial charge on any atom is 0.416 e. The molecule has 0 radical (unpaired) electrons. The lowest BCUT2D eigenvalue weighted by atomic mass is 10.0. The van der Waals surface area contributed by atoms with E-state index in [-0.39, 0.29) is 11.7 Å². The van der Waals surface area contributed by atoms with E-state index in [1.165, 1.54) is 12.1 Å². The number of benzene rings is 2. The van der Waals surface area contributed by atoms with Crippen LogP contribution < -0.4 is 10.6 Å². The van der Waals surface area contributed by atoms with Crippen molar-refractivity contribution in [3.8, 4) is 11.4 Å². The summed E-state index contributed by atoms with van der Waals surface area (Å²) in [6, 6.07) is 11.3. The number of aromatic nitrogens is 4. The third-order valence-corrected chi connectivity index (χ3v) is 7.84. The monoisotopic (exact) mass is 540 g/mol. The summed E-state index contributed by atoms with van der Waals surface area (Å²) in [5.41, 5.74) is 4.53. The van der Waals surface area contributed by atoms with Crippen molar-refractivity contribution >= 4 is 16.7 Å². The number of ether oxygens (including phenoxy) is 1. The van der Waals surface area contributed by atoms with Crippen molar-refractivity contribution < 1.29 is 17.9 Å². The van der Waals surface area contributed by atoms with Crippen LogP contribution >= 0.6 is 0 Å². The minimum Gasteiger partial charge on any atom is -0.378 e. The van der Waals surface area contributed by atoms with Gasteiger partial charge in [-0.05, 0) is 50.1 Å². The number of alkyl halides is 3.